The molecule has 1 atom stereocenters. The highest BCUT2D eigenvalue weighted by atomic mass is 16.5. The van der Waals surface area contributed by atoms with Crippen LogP contribution in [0.15, 0.2) is 18.2 Å². The second-order valence-electron chi connectivity index (χ2n) is 6.54. The number of ether oxygens (including phenoxy) is 2. The third kappa shape index (κ3) is 4.08. The van der Waals surface area contributed by atoms with E-state index in [2.05, 4.69) is 13.0 Å². The van der Waals surface area contributed by atoms with Crippen molar-refractivity contribution in [2.45, 2.75) is 69.8 Å². The molecule has 4 heteroatoms. The summed E-state index contributed by atoms with van der Waals surface area (Å²) in [5.74, 6) is 1.41. The second-order valence-corrected chi connectivity index (χ2v) is 6.54. The van der Waals surface area contributed by atoms with Crippen LogP contribution in [0.1, 0.15) is 63.9 Å². The molecule has 0 bridgehead atoms. The summed E-state index contributed by atoms with van der Waals surface area (Å²) >= 11 is 0. The zero-order valence-electron chi connectivity index (χ0n) is 14.7. The molecule has 1 fully saturated rings. The Morgan fingerprint density at radius 2 is 2.04 bits per heavy atom. The fourth-order valence-electron chi connectivity index (χ4n) is 3.57. The van der Waals surface area contributed by atoms with Gasteiger partial charge in [-0.15, -0.1) is 0 Å². The molecule has 4 nitrogen and oxygen atoms in total. The van der Waals surface area contributed by atoms with Gasteiger partial charge in [-0.1, -0.05) is 19.4 Å². The van der Waals surface area contributed by atoms with E-state index in [1.54, 1.807) is 7.11 Å². The fourth-order valence-corrected chi connectivity index (χ4v) is 3.57. The SMILES string of the molecule is CCCC(C#N)(CCC=O)c1ccc(OC)c(OC2CCCC2)c1. The van der Waals surface area contributed by atoms with Crippen LogP contribution in [0.2, 0.25) is 0 Å². The lowest BCUT2D eigenvalue weighted by Gasteiger charge is -2.27. The molecule has 1 unspecified atom stereocenters. The van der Waals surface area contributed by atoms with Gasteiger partial charge < -0.3 is 14.3 Å². The summed E-state index contributed by atoms with van der Waals surface area (Å²) in [6.45, 7) is 2.06. The summed E-state index contributed by atoms with van der Waals surface area (Å²) in [6.07, 6.45) is 8.19. The molecule has 0 heterocycles. The maximum atomic E-state index is 10.8. The molecule has 1 saturated carbocycles. The number of aldehydes is 1. The van der Waals surface area contributed by atoms with Crippen molar-refractivity contribution in [1.29, 1.82) is 5.26 Å². The number of hydrogen-bond acceptors (Lipinski definition) is 4. The third-order valence-corrected chi connectivity index (χ3v) is 4.89. The van der Waals surface area contributed by atoms with Crippen molar-refractivity contribution in [3.8, 4) is 17.6 Å². The van der Waals surface area contributed by atoms with Gasteiger partial charge in [-0.05, 0) is 56.2 Å². The van der Waals surface area contributed by atoms with Gasteiger partial charge in [0, 0.05) is 6.42 Å². The molecule has 1 aromatic carbocycles. The number of methoxy groups -OCH3 is 1. The van der Waals surface area contributed by atoms with Gasteiger partial charge in [0.25, 0.3) is 0 Å². The molecule has 1 aromatic rings. The van der Waals surface area contributed by atoms with E-state index in [1.165, 1.54) is 12.8 Å². The van der Waals surface area contributed by atoms with Crippen LogP contribution in [0.5, 0.6) is 11.5 Å². The smallest absolute Gasteiger partial charge is 0.161 e. The van der Waals surface area contributed by atoms with E-state index in [9.17, 15) is 10.1 Å². The highest BCUT2D eigenvalue weighted by Gasteiger charge is 2.32. The predicted molar refractivity (Wildman–Crippen MR) is 93.4 cm³/mol. The molecule has 24 heavy (non-hydrogen) atoms. The van der Waals surface area contributed by atoms with E-state index >= 15 is 0 Å². The monoisotopic (exact) mass is 329 g/mol. The number of carbonyl (C=O) groups excluding carboxylic acids is 1. The van der Waals surface area contributed by atoms with Crippen LogP contribution < -0.4 is 9.47 Å². The van der Waals surface area contributed by atoms with Gasteiger partial charge in [0.15, 0.2) is 11.5 Å². The highest BCUT2D eigenvalue weighted by Crippen LogP contribution is 2.39. The molecule has 1 aliphatic carbocycles. The topological polar surface area (TPSA) is 59.3 Å². The average molecular weight is 329 g/mol. The second kappa shape index (κ2) is 8.73. The van der Waals surface area contributed by atoms with E-state index in [1.807, 2.05) is 18.2 Å². The molecule has 2 rings (SSSR count). The number of nitriles is 1. The molecule has 0 radical (unpaired) electrons. The minimum Gasteiger partial charge on any atom is -0.493 e. The molecule has 130 valence electrons. The summed E-state index contributed by atoms with van der Waals surface area (Å²) in [4.78, 5) is 10.8. The van der Waals surface area contributed by atoms with Crippen LogP contribution in [0, 0.1) is 11.3 Å². The summed E-state index contributed by atoms with van der Waals surface area (Å²) in [5.41, 5.74) is 0.276. The Hall–Kier alpha value is -2.02. The highest BCUT2D eigenvalue weighted by molar-refractivity contribution is 5.52. The first-order chi connectivity index (χ1) is 11.7. The van der Waals surface area contributed by atoms with Crippen molar-refractivity contribution in [3.05, 3.63) is 23.8 Å². The lowest BCUT2D eigenvalue weighted by Crippen LogP contribution is -2.24. The molecule has 0 spiro atoms. The van der Waals surface area contributed by atoms with E-state index in [-0.39, 0.29) is 6.10 Å². The zero-order chi connectivity index (χ0) is 17.4. The fraction of sp³-hybridized carbons (Fsp3) is 0.600. The van der Waals surface area contributed by atoms with Crippen LogP contribution >= 0.6 is 0 Å². The number of benzene rings is 1. The van der Waals surface area contributed by atoms with E-state index < -0.39 is 5.41 Å². The minimum absolute atomic E-state index is 0.229. The van der Waals surface area contributed by atoms with E-state index in [4.69, 9.17) is 9.47 Å². The standard InChI is InChI=1S/C20H27NO3/c1-3-11-20(15-21,12-6-13-22)16-9-10-18(23-2)19(14-16)24-17-7-4-5-8-17/h9-10,13-14,17H,3-8,11-12H2,1-2H3. The minimum atomic E-state index is -0.643. The van der Waals surface area contributed by atoms with Gasteiger partial charge >= 0.3 is 0 Å². The lowest BCUT2D eigenvalue weighted by molar-refractivity contribution is -0.108. The van der Waals surface area contributed by atoms with Crippen molar-refractivity contribution in [3.63, 3.8) is 0 Å². The van der Waals surface area contributed by atoms with Crippen LogP contribution in [0.4, 0.5) is 0 Å². The van der Waals surface area contributed by atoms with Crippen LogP contribution in [-0.4, -0.2) is 19.5 Å². The molecule has 0 aliphatic heterocycles. The first-order valence-corrected chi connectivity index (χ1v) is 8.89. The lowest BCUT2D eigenvalue weighted by atomic mass is 9.74. The molecule has 0 amide bonds. The van der Waals surface area contributed by atoms with Crippen molar-refractivity contribution in [2.24, 2.45) is 0 Å². The normalized spacial score (nSPS) is 17.0. The Labute approximate surface area is 144 Å². The summed E-state index contributed by atoms with van der Waals surface area (Å²) < 4.78 is 11.6. The molecular formula is C20H27NO3. The van der Waals surface area contributed by atoms with Gasteiger partial charge in [0.05, 0.1) is 24.7 Å². The molecule has 0 N–H and O–H groups in total. The third-order valence-electron chi connectivity index (χ3n) is 4.89. The zero-order valence-corrected chi connectivity index (χ0v) is 14.7. The summed E-state index contributed by atoms with van der Waals surface area (Å²) in [5, 5.41) is 9.85. The van der Waals surface area contributed by atoms with Crippen molar-refractivity contribution in [2.75, 3.05) is 7.11 Å². The Morgan fingerprint density at radius 1 is 1.29 bits per heavy atom. The number of hydrogen-bond donors (Lipinski definition) is 0. The van der Waals surface area contributed by atoms with E-state index in [0.717, 1.165) is 37.5 Å². The van der Waals surface area contributed by atoms with Crippen molar-refractivity contribution in [1.82, 2.24) is 0 Å². The molecule has 1 aliphatic rings. The van der Waals surface area contributed by atoms with Crippen LogP contribution in [0.3, 0.4) is 0 Å². The summed E-state index contributed by atoms with van der Waals surface area (Å²) in [7, 11) is 1.63. The number of rotatable bonds is 9. The first kappa shape index (κ1) is 18.3. The average Bonchev–Trinajstić information content (AvgIpc) is 3.12. The Morgan fingerprint density at radius 3 is 2.62 bits per heavy atom. The Bertz CT molecular complexity index is 587. The maximum absolute atomic E-state index is 10.8. The Kier molecular flexibility index (Phi) is 6.66. The van der Waals surface area contributed by atoms with Crippen molar-refractivity contribution < 1.29 is 14.3 Å². The number of carbonyl (C=O) groups is 1. The number of nitrogens with zero attached hydrogens (tertiary/aromatic N) is 1. The quantitative estimate of drug-likeness (QED) is 0.623. The van der Waals surface area contributed by atoms with Gasteiger partial charge in [-0.2, -0.15) is 5.26 Å². The van der Waals surface area contributed by atoms with Crippen molar-refractivity contribution >= 4 is 6.29 Å². The van der Waals surface area contributed by atoms with Crippen LogP contribution in [0.25, 0.3) is 0 Å². The summed E-state index contributed by atoms with van der Waals surface area (Å²) in [6, 6.07) is 8.23. The van der Waals surface area contributed by atoms with Crippen LogP contribution in [-0.2, 0) is 10.2 Å². The maximum Gasteiger partial charge on any atom is 0.161 e. The molecule has 0 aromatic heterocycles. The molecular weight excluding hydrogens is 302 g/mol. The largest absolute Gasteiger partial charge is 0.493 e. The Balaban J connectivity index is 2.35. The van der Waals surface area contributed by atoms with Gasteiger partial charge in [-0.3, -0.25) is 0 Å². The first-order valence-electron chi connectivity index (χ1n) is 8.89. The van der Waals surface area contributed by atoms with Gasteiger partial charge in [0.2, 0.25) is 0 Å². The van der Waals surface area contributed by atoms with E-state index in [0.29, 0.717) is 24.3 Å². The van der Waals surface area contributed by atoms with Gasteiger partial charge in [-0.25, -0.2) is 0 Å². The predicted octanol–water partition coefficient (Wildman–Crippen LogP) is 4.56. The molecule has 0 saturated heterocycles. The van der Waals surface area contributed by atoms with Gasteiger partial charge in [0.1, 0.15) is 6.29 Å².